The molecule has 0 aromatic heterocycles. The average molecular weight is 359 g/mol. The Morgan fingerprint density at radius 3 is 1.79 bits per heavy atom. The van der Waals surface area contributed by atoms with Crippen LogP contribution in [0, 0.1) is 11.3 Å². The molecule has 0 fully saturated rings. The number of hydrogen-bond donors (Lipinski definition) is 1. The molecule has 1 aliphatic carbocycles. The van der Waals surface area contributed by atoms with E-state index in [0.717, 1.165) is 11.1 Å². The normalized spacial score (nSPS) is 16.1. The van der Waals surface area contributed by atoms with E-state index in [1.165, 1.54) is 0 Å². The molecule has 4 nitrogen and oxygen atoms in total. The summed E-state index contributed by atoms with van der Waals surface area (Å²) in [6.07, 6.45) is 4.00. The Labute approximate surface area is 188 Å². The van der Waals surface area contributed by atoms with Crippen molar-refractivity contribution in [2.75, 3.05) is 0 Å². The van der Waals surface area contributed by atoms with E-state index in [0.29, 0.717) is 0 Å². The smallest absolute Gasteiger partial charge is 1.00 e. The van der Waals surface area contributed by atoms with E-state index < -0.39 is 34.4 Å². The SMILES string of the molecule is CC(C)=CCC1(CC=C(C)C)C(=O)C(O)=C(C(=O)C(C)C)C1=O.[H-].[K+]. The molecule has 24 heavy (non-hydrogen) atoms. The summed E-state index contributed by atoms with van der Waals surface area (Å²) < 4.78 is 0. The van der Waals surface area contributed by atoms with E-state index >= 15 is 0 Å². The third-order valence-corrected chi connectivity index (χ3v) is 4.04. The molecule has 1 aliphatic rings. The van der Waals surface area contributed by atoms with Crippen molar-refractivity contribution in [2.24, 2.45) is 11.3 Å². The van der Waals surface area contributed by atoms with Crippen LogP contribution in [0.5, 0.6) is 0 Å². The number of aliphatic hydroxyl groups excluding tert-OH is 1. The molecule has 0 spiro atoms. The maximum atomic E-state index is 12.9. The minimum atomic E-state index is -1.39. The summed E-state index contributed by atoms with van der Waals surface area (Å²) in [5.41, 5.74) is 0.239. The van der Waals surface area contributed by atoms with E-state index in [9.17, 15) is 19.5 Å². The summed E-state index contributed by atoms with van der Waals surface area (Å²) in [6.45, 7) is 10.8. The van der Waals surface area contributed by atoms with Gasteiger partial charge in [-0.15, -0.1) is 0 Å². The Balaban J connectivity index is 0. The molecule has 0 atom stereocenters. The van der Waals surface area contributed by atoms with Gasteiger partial charge in [0, 0.05) is 5.92 Å². The third-order valence-electron chi connectivity index (χ3n) is 4.04. The van der Waals surface area contributed by atoms with Crippen molar-refractivity contribution in [3.63, 3.8) is 0 Å². The molecule has 0 unspecified atom stereocenters. The van der Waals surface area contributed by atoms with Crippen LogP contribution in [0.3, 0.4) is 0 Å². The van der Waals surface area contributed by atoms with Gasteiger partial charge in [0.1, 0.15) is 11.0 Å². The average Bonchev–Trinajstić information content (AvgIpc) is 2.63. The van der Waals surface area contributed by atoms with Gasteiger partial charge < -0.3 is 6.53 Å². The van der Waals surface area contributed by atoms with Gasteiger partial charge in [-0.05, 0) is 40.5 Å². The number of rotatable bonds is 6. The van der Waals surface area contributed by atoms with Crippen molar-refractivity contribution in [1.29, 1.82) is 0 Å². The van der Waals surface area contributed by atoms with Crippen molar-refractivity contribution in [3.8, 4) is 0 Å². The molecule has 0 aromatic rings. The van der Waals surface area contributed by atoms with Crippen LogP contribution in [0.2, 0.25) is 0 Å². The van der Waals surface area contributed by atoms with E-state index in [4.69, 9.17) is 0 Å². The first-order chi connectivity index (χ1) is 10.5. The summed E-state index contributed by atoms with van der Waals surface area (Å²) in [5.74, 6) is -2.78. The molecule has 1 rings (SSSR count). The Hall–Kier alpha value is -0.334. The van der Waals surface area contributed by atoms with Crippen LogP contribution in [0.4, 0.5) is 0 Å². The zero-order chi connectivity index (χ0) is 17.9. The van der Waals surface area contributed by atoms with Crippen LogP contribution in [0.15, 0.2) is 34.6 Å². The monoisotopic (exact) mass is 358 g/mol. The summed E-state index contributed by atoms with van der Waals surface area (Å²) >= 11 is 0. The number of carbonyl (C=O) groups excluding carboxylic acids is 3. The number of aliphatic hydroxyl groups is 1. The van der Waals surface area contributed by atoms with Gasteiger partial charge in [0.25, 0.3) is 0 Å². The Bertz CT molecular complexity index is 614. The van der Waals surface area contributed by atoms with Crippen LogP contribution in [-0.4, -0.2) is 22.5 Å². The summed E-state index contributed by atoms with van der Waals surface area (Å²) in [4.78, 5) is 37.8. The Morgan fingerprint density at radius 1 is 1.04 bits per heavy atom. The van der Waals surface area contributed by atoms with Gasteiger partial charge >= 0.3 is 51.4 Å². The number of ketones is 3. The van der Waals surface area contributed by atoms with Crippen LogP contribution < -0.4 is 51.4 Å². The van der Waals surface area contributed by atoms with Crippen LogP contribution >= 0.6 is 0 Å². The molecule has 0 amide bonds. The van der Waals surface area contributed by atoms with E-state index in [2.05, 4.69) is 0 Å². The van der Waals surface area contributed by atoms with E-state index in [1.807, 2.05) is 39.8 Å². The quantitative estimate of drug-likeness (QED) is 0.333. The largest absolute Gasteiger partial charge is 1.00 e. The standard InChI is InChI=1S/C19H26O4.K.H/c1-11(2)7-9-19(10-8-12(3)4)17(22)14(15(20)13(5)6)16(21)18(19)23;;/h7-8,13,21H,9-10H2,1-6H3;;/q;+1;-1. The van der Waals surface area contributed by atoms with Crippen LogP contribution in [-0.2, 0) is 14.4 Å². The van der Waals surface area contributed by atoms with E-state index in [-0.39, 0.29) is 71.2 Å². The molecule has 1 N–H and O–H groups in total. The summed E-state index contributed by atoms with van der Waals surface area (Å²) in [5, 5.41) is 10.2. The van der Waals surface area contributed by atoms with Gasteiger partial charge in [-0.25, -0.2) is 0 Å². The molecule has 0 radical (unpaired) electrons. The Kier molecular flexibility index (Phi) is 9.26. The second-order valence-corrected chi connectivity index (χ2v) is 6.95. The number of hydrogen-bond acceptors (Lipinski definition) is 4. The molecule has 0 saturated carbocycles. The molecule has 0 heterocycles. The first-order valence-electron chi connectivity index (χ1n) is 7.88. The fourth-order valence-electron chi connectivity index (χ4n) is 2.52. The summed E-state index contributed by atoms with van der Waals surface area (Å²) in [7, 11) is 0. The van der Waals surface area contributed by atoms with Gasteiger partial charge in [-0.2, -0.15) is 0 Å². The van der Waals surface area contributed by atoms with Crippen LogP contribution in [0.1, 0.15) is 55.8 Å². The van der Waals surface area contributed by atoms with Crippen LogP contribution in [0.25, 0.3) is 0 Å². The molecule has 5 heteroatoms. The van der Waals surface area contributed by atoms with Gasteiger partial charge in [-0.1, -0.05) is 37.1 Å². The van der Waals surface area contributed by atoms with Gasteiger partial charge in [0.15, 0.2) is 17.3 Å². The molecule has 0 aromatic carbocycles. The predicted octanol–water partition coefficient (Wildman–Crippen LogP) is 0.991. The molecular formula is C19H27KO4. The zero-order valence-corrected chi connectivity index (χ0v) is 18.9. The maximum absolute atomic E-state index is 12.9. The molecule has 0 bridgehead atoms. The third kappa shape index (κ3) is 4.85. The first kappa shape index (κ1) is 23.7. The van der Waals surface area contributed by atoms with Crippen molar-refractivity contribution >= 4 is 17.3 Å². The molecule has 128 valence electrons. The van der Waals surface area contributed by atoms with Crippen molar-refractivity contribution in [2.45, 2.75) is 54.4 Å². The minimum Gasteiger partial charge on any atom is -1.00 e. The van der Waals surface area contributed by atoms with Crippen molar-refractivity contribution in [3.05, 3.63) is 34.6 Å². The zero-order valence-electron chi connectivity index (χ0n) is 16.8. The second kappa shape index (κ2) is 9.39. The van der Waals surface area contributed by atoms with Gasteiger partial charge in [-0.3, -0.25) is 14.4 Å². The minimum absolute atomic E-state index is 0. The molecule has 0 aliphatic heterocycles. The molecular weight excluding hydrogens is 331 g/mol. The number of carbonyl (C=O) groups is 3. The number of allylic oxidation sites excluding steroid dienone is 6. The van der Waals surface area contributed by atoms with Gasteiger partial charge in [0.05, 0.1) is 0 Å². The van der Waals surface area contributed by atoms with E-state index in [1.54, 1.807) is 13.8 Å². The van der Waals surface area contributed by atoms with Crippen molar-refractivity contribution < 1.29 is 72.3 Å². The first-order valence-corrected chi connectivity index (χ1v) is 7.88. The fraction of sp³-hybridized carbons (Fsp3) is 0.526. The van der Waals surface area contributed by atoms with Crippen molar-refractivity contribution in [1.82, 2.24) is 0 Å². The topological polar surface area (TPSA) is 71.4 Å². The fourth-order valence-corrected chi connectivity index (χ4v) is 2.52. The predicted molar refractivity (Wildman–Crippen MR) is 91.2 cm³/mol. The van der Waals surface area contributed by atoms with Gasteiger partial charge in [0.2, 0.25) is 5.78 Å². The Morgan fingerprint density at radius 2 is 1.46 bits per heavy atom. The summed E-state index contributed by atoms with van der Waals surface area (Å²) in [6, 6.07) is 0. The maximum Gasteiger partial charge on any atom is 1.00 e. The number of Topliss-reactive ketones (excluding diaryl/α,β-unsaturated/α-hetero) is 3. The second-order valence-electron chi connectivity index (χ2n) is 6.95. The molecule has 0 saturated heterocycles.